The Morgan fingerprint density at radius 1 is 1.13 bits per heavy atom. The first-order valence-electron chi connectivity index (χ1n) is 8.00. The number of phenols is 1. The number of aryl methyl sites for hydroxylation is 2. The zero-order valence-electron chi connectivity index (χ0n) is 13.5. The molecule has 0 radical (unpaired) electrons. The van der Waals surface area contributed by atoms with E-state index in [2.05, 4.69) is 20.5 Å². The van der Waals surface area contributed by atoms with Crippen molar-refractivity contribution in [3.05, 3.63) is 29.5 Å². The van der Waals surface area contributed by atoms with Crippen LogP contribution in [0.1, 0.15) is 36.9 Å². The van der Waals surface area contributed by atoms with Crippen LogP contribution in [-0.4, -0.2) is 37.5 Å². The lowest BCUT2D eigenvalue weighted by molar-refractivity contribution is 0.116. The molecule has 3 N–H and O–H groups in total. The number of hydrogen-bond donors (Lipinski definition) is 3. The number of aliphatic hydroxyl groups is 1. The fraction of sp³-hybridized carbons (Fsp3) is 0.471. The minimum Gasteiger partial charge on any atom is -0.507 e. The van der Waals surface area contributed by atoms with Gasteiger partial charge in [-0.1, -0.05) is 18.9 Å². The Hall–Kier alpha value is -2.21. The van der Waals surface area contributed by atoms with Crippen molar-refractivity contribution in [2.24, 2.45) is 0 Å². The molecule has 1 aliphatic carbocycles. The second kappa shape index (κ2) is 6.50. The lowest BCUT2D eigenvalue weighted by atomic mass is 9.93. The molecule has 0 amide bonds. The number of hydrogen-bond acceptors (Lipinski definition) is 6. The average Bonchev–Trinajstić information content (AvgIpc) is 2.51. The average molecular weight is 314 g/mol. The van der Waals surface area contributed by atoms with Crippen molar-refractivity contribution in [1.29, 1.82) is 0 Å². The number of benzene rings is 1. The van der Waals surface area contributed by atoms with Gasteiger partial charge >= 0.3 is 0 Å². The summed E-state index contributed by atoms with van der Waals surface area (Å²) in [6.45, 7) is 3.76. The lowest BCUT2D eigenvalue weighted by Crippen LogP contribution is -2.37. The molecule has 3 rings (SSSR count). The van der Waals surface area contributed by atoms with Crippen LogP contribution >= 0.6 is 0 Å². The standard InChI is InChI=1S/C17H22N4O2/c1-10-7-8-12(15(23)9-10)16-11(2)18-17(21-20-16)19-13-5-3-4-6-14(13)22/h7-9,13-14,22-23H,3-6H2,1-2H3,(H,18,19,21)/t13-,14-/m1/s1. The van der Waals surface area contributed by atoms with Gasteiger partial charge in [-0.3, -0.25) is 0 Å². The van der Waals surface area contributed by atoms with Crippen molar-refractivity contribution in [3.8, 4) is 17.0 Å². The molecule has 23 heavy (non-hydrogen) atoms. The molecule has 0 aliphatic heterocycles. The second-order valence-corrected chi connectivity index (χ2v) is 6.19. The van der Waals surface area contributed by atoms with E-state index in [1.165, 1.54) is 0 Å². The van der Waals surface area contributed by atoms with E-state index in [4.69, 9.17) is 0 Å². The van der Waals surface area contributed by atoms with Crippen LogP contribution in [0.25, 0.3) is 11.3 Å². The van der Waals surface area contributed by atoms with Gasteiger partial charge in [-0.2, -0.15) is 0 Å². The Morgan fingerprint density at radius 2 is 1.91 bits per heavy atom. The van der Waals surface area contributed by atoms with Crippen LogP contribution in [0.4, 0.5) is 5.95 Å². The molecule has 0 bridgehead atoms. The number of phenolic OH excluding ortho intramolecular Hbond substituents is 1. The van der Waals surface area contributed by atoms with E-state index in [0.717, 1.165) is 31.2 Å². The van der Waals surface area contributed by atoms with Crippen LogP contribution < -0.4 is 5.32 Å². The molecule has 1 saturated carbocycles. The third-order valence-corrected chi connectivity index (χ3v) is 4.31. The van der Waals surface area contributed by atoms with Gasteiger partial charge in [0.15, 0.2) is 0 Å². The molecule has 1 aromatic carbocycles. The number of aromatic hydroxyl groups is 1. The Balaban J connectivity index is 1.83. The molecule has 0 unspecified atom stereocenters. The van der Waals surface area contributed by atoms with E-state index in [1.807, 2.05) is 26.0 Å². The Bertz CT molecular complexity index is 705. The number of nitrogens with zero attached hydrogens (tertiary/aromatic N) is 3. The molecule has 1 heterocycles. The van der Waals surface area contributed by atoms with Crippen LogP contribution in [0.3, 0.4) is 0 Å². The van der Waals surface area contributed by atoms with Crippen LogP contribution in [-0.2, 0) is 0 Å². The van der Waals surface area contributed by atoms with Gasteiger partial charge in [0.25, 0.3) is 0 Å². The fourth-order valence-corrected chi connectivity index (χ4v) is 3.00. The summed E-state index contributed by atoms with van der Waals surface area (Å²) in [5, 5.41) is 31.6. The number of rotatable bonds is 3. The van der Waals surface area contributed by atoms with Gasteiger partial charge in [0.05, 0.1) is 17.8 Å². The smallest absolute Gasteiger partial charge is 0.243 e. The summed E-state index contributed by atoms with van der Waals surface area (Å²) in [7, 11) is 0. The van der Waals surface area contributed by atoms with E-state index in [0.29, 0.717) is 22.9 Å². The maximum absolute atomic E-state index is 10.1. The predicted molar refractivity (Wildman–Crippen MR) is 88.3 cm³/mol. The molecule has 2 atom stereocenters. The molecular weight excluding hydrogens is 292 g/mol. The normalized spacial score (nSPS) is 21.2. The van der Waals surface area contributed by atoms with Gasteiger partial charge in [0, 0.05) is 5.56 Å². The minimum atomic E-state index is -0.367. The zero-order chi connectivity index (χ0) is 16.4. The highest BCUT2D eigenvalue weighted by Gasteiger charge is 2.24. The lowest BCUT2D eigenvalue weighted by Gasteiger charge is -2.28. The maximum atomic E-state index is 10.1. The Kier molecular flexibility index (Phi) is 4.43. The van der Waals surface area contributed by atoms with Crippen LogP contribution in [0.2, 0.25) is 0 Å². The molecule has 1 aromatic heterocycles. The van der Waals surface area contributed by atoms with E-state index in [1.54, 1.807) is 6.07 Å². The highest BCUT2D eigenvalue weighted by Crippen LogP contribution is 2.30. The summed E-state index contributed by atoms with van der Waals surface area (Å²) in [6, 6.07) is 5.41. The molecule has 6 heteroatoms. The predicted octanol–water partition coefficient (Wildman–Crippen LogP) is 2.58. The highest BCUT2D eigenvalue weighted by atomic mass is 16.3. The summed E-state index contributed by atoms with van der Waals surface area (Å²) in [5.41, 5.74) is 2.86. The molecule has 0 spiro atoms. The van der Waals surface area contributed by atoms with Crippen molar-refractivity contribution in [2.45, 2.75) is 51.7 Å². The molecule has 2 aromatic rings. The van der Waals surface area contributed by atoms with Crippen LogP contribution in [0.15, 0.2) is 18.2 Å². The van der Waals surface area contributed by atoms with Gasteiger partial charge < -0.3 is 15.5 Å². The van der Waals surface area contributed by atoms with Gasteiger partial charge in [-0.15, -0.1) is 10.2 Å². The maximum Gasteiger partial charge on any atom is 0.243 e. The molecule has 0 saturated heterocycles. The van der Waals surface area contributed by atoms with Crippen molar-refractivity contribution in [3.63, 3.8) is 0 Å². The first-order chi connectivity index (χ1) is 11.0. The topological polar surface area (TPSA) is 91.2 Å². The van der Waals surface area contributed by atoms with Crippen LogP contribution in [0.5, 0.6) is 5.75 Å². The summed E-state index contributed by atoms with van der Waals surface area (Å²) >= 11 is 0. The van der Waals surface area contributed by atoms with Crippen LogP contribution in [0, 0.1) is 13.8 Å². The van der Waals surface area contributed by atoms with Crippen molar-refractivity contribution < 1.29 is 10.2 Å². The fourth-order valence-electron chi connectivity index (χ4n) is 3.00. The number of aliphatic hydroxyl groups excluding tert-OH is 1. The van der Waals surface area contributed by atoms with Gasteiger partial charge in [-0.25, -0.2) is 4.98 Å². The summed E-state index contributed by atoms with van der Waals surface area (Å²) in [5.74, 6) is 0.594. The van der Waals surface area contributed by atoms with Gasteiger partial charge in [-0.05, 0) is 44.4 Å². The largest absolute Gasteiger partial charge is 0.507 e. The Labute approximate surface area is 135 Å². The number of anilines is 1. The molecule has 122 valence electrons. The first kappa shape index (κ1) is 15.7. The van der Waals surface area contributed by atoms with Crippen molar-refractivity contribution >= 4 is 5.95 Å². The molecular formula is C17H22N4O2. The summed E-state index contributed by atoms with van der Waals surface area (Å²) in [6.07, 6.45) is 3.50. The zero-order valence-corrected chi connectivity index (χ0v) is 13.5. The second-order valence-electron chi connectivity index (χ2n) is 6.19. The number of nitrogens with one attached hydrogen (secondary N) is 1. The van der Waals surface area contributed by atoms with E-state index in [9.17, 15) is 10.2 Å². The van der Waals surface area contributed by atoms with Gasteiger partial charge in [0.1, 0.15) is 11.4 Å². The highest BCUT2D eigenvalue weighted by molar-refractivity contribution is 5.68. The van der Waals surface area contributed by atoms with E-state index >= 15 is 0 Å². The summed E-state index contributed by atoms with van der Waals surface area (Å²) < 4.78 is 0. The van der Waals surface area contributed by atoms with E-state index < -0.39 is 0 Å². The number of aromatic nitrogens is 3. The summed E-state index contributed by atoms with van der Waals surface area (Å²) in [4.78, 5) is 4.43. The minimum absolute atomic E-state index is 0.0245. The molecule has 1 fully saturated rings. The van der Waals surface area contributed by atoms with Crippen molar-refractivity contribution in [1.82, 2.24) is 15.2 Å². The third-order valence-electron chi connectivity index (χ3n) is 4.31. The SMILES string of the molecule is Cc1ccc(-c2nnc(N[C@@H]3CCCC[C@H]3O)nc2C)c(O)c1. The molecule has 6 nitrogen and oxygen atoms in total. The Morgan fingerprint density at radius 3 is 2.61 bits per heavy atom. The monoisotopic (exact) mass is 314 g/mol. The quantitative estimate of drug-likeness (QED) is 0.806. The third kappa shape index (κ3) is 3.42. The van der Waals surface area contributed by atoms with Crippen molar-refractivity contribution in [2.75, 3.05) is 5.32 Å². The molecule has 1 aliphatic rings. The first-order valence-corrected chi connectivity index (χ1v) is 8.00. The van der Waals surface area contributed by atoms with E-state index in [-0.39, 0.29) is 17.9 Å². The van der Waals surface area contributed by atoms with Gasteiger partial charge in [0.2, 0.25) is 5.95 Å².